The van der Waals surface area contributed by atoms with Crippen molar-refractivity contribution in [3.8, 4) is 0 Å². The fourth-order valence-electron chi connectivity index (χ4n) is 2.84. The molecule has 3 rings (SSSR count). The second-order valence-electron chi connectivity index (χ2n) is 5.67. The van der Waals surface area contributed by atoms with E-state index >= 15 is 0 Å². The Hall–Kier alpha value is -2.00. The zero-order valence-electron chi connectivity index (χ0n) is 12.9. The molecule has 1 N–H and O–H groups in total. The van der Waals surface area contributed by atoms with E-state index in [0.29, 0.717) is 0 Å². The van der Waals surface area contributed by atoms with Gasteiger partial charge in [-0.05, 0) is 45.9 Å². The minimum absolute atomic E-state index is 0.141. The van der Waals surface area contributed by atoms with Crippen molar-refractivity contribution in [2.24, 2.45) is 0 Å². The summed E-state index contributed by atoms with van der Waals surface area (Å²) in [7, 11) is 0. The average molecular weight is 283 g/mol. The summed E-state index contributed by atoms with van der Waals surface area (Å²) in [4.78, 5) is 0. The number of nitrogens with one attached hydrogen (secondary N) is 1. The van der Waals surface area contributed by atoms with Crippen molar-refractivity contribution in [3.63, 3.8) is 0 Å². The van der Waals surface area contributed by atoms with Crippen LogP contribution in [0.4, 0.5) is 0 Å². The van der Waals surface area contributed by atoms with E-state index in [-0.39, 0.29) is 12.1 Å². The van der Waals surface area contributed by atoms with Crippen LogP contribution in [0.25, 0.3) is 11.0 Å². The smallest absolute Gasteiger partial charge is 0.134 e. The van der Waals surface area contributed by atoms with Crippen molar-refractivity contribution >= 4 is 11.0 Å². The van der Waals surface area contributed by atoms with Crippen LogP contribution in [-0.4, -0.2) is 0 Å². The first-order valence-electron chi connectivity index (χ1n) is 7.36. The number of hydrogen-bond acceptors (Lipinski definition) is 3. The summed E-state index contributed by atoms with van der Waals surface area (Å²) >= 11 is 0. The van der Waals surface area contributed by atoms with Crippen LogP contribution in [0.1, 0.15) is 48.8 Å². The first-order valence-corrected chi connectivity index (χ1v) is 7.36. The molecule has 2 atom stereocenters. The minimum Gasteiger partial charge on any atom is -0.466 e. The first-order chi connectivity index (χ1) is 10.0. The van der Waals surface area contributed by atoms with Gasteiger partial charge in [0.25, 0.3) is 0 Å². The number of hydrogen-bond donors (Lipinski definition) is 1. The van der Waals surface area contributed by atoms with Gasteiger partial charge in [-0.2, -0.15) is 0 Å². The van der Waals surface area contributed by atoms with Crippen LogP contribution >= 0.6 is 0 Å². The Morgan fingerprint density at radius 3 is 2.38 bits per heavy atom. The van der Waals surface area contributed by atoms with E-state index < -0.39 is 0 Å². The fourth-order valence-corrected chi connectivity index (χ4v) is 2.84. The lowest BCUT2D eigenvalue weighted by Crippen LogP contribution is -2.22. The average Bonchev–Trinajstić information content (AvgIpc) is 3.01. The Balaban J connectivity index is 1.79. The summed E-state index contributed by atoms with van der Waals surface area (Å²) in [5.74, 6) is 2.89. The predicted molar refractivity (Wildman–Crippen MR) is 84.4 cm³/mol. The number of aryl methyl sites for hydroxylation is 2. The maximum atomic E-state index is 5.92. The van der Waals surface area contributed by atoms with Gasteiger partial charge >= 0.3 is 0 Å². The molecular weight excluding hydrogens is 262 g/mol. The van der Waals surface area contributed by atoms with Crippen LogP contribution in [-0.2, 0) is 0 Å². The molecule has 0 bridgehead atoms. The molecule has 3 aromatic rings. The third-order valence-electron chi connectivity index (χ3n) is 3.92. The van der Waals surface area contributed by atoms with Gasteiger partial charge in [0, 0.05) is 17.0 Å². The molecule has 0 fully saturated rings. The summed E-state index contributed by atoms with van der Waals surface area (Å²) in [5.41, 5.74) is 2.14. The Labute approximate surface area is 124 Å². The summed E-state index contributed by atoms with van der Waals surface area (Å²) in [6.45, 7) is 8.26. The molecular formula is C18H21NO2. The van der Waals surface area contributed by atoms with Gasteiger partial charge in [0.05, 0.1) is 6.04 Å². The van der Waals surface area contributed by atoms with Crippen LogP contribution in [0.15, 0.2) is 45.2 Å². The van der Waals surface area contributed by atoms with Crippen molar-refractivity contribution in [2.75, 3.05) is 0 Å². The molecule has 2 unspecified atom stereocenters. The van der Waals surface area contributed by atoms with E-state index in [1.807, 2.05) is 32.0 Å². The Morgan fingerprint density at radius 1 is 0.952 bits per heavy atom. The minimum atomic E-state index is 0.141. The summed E-state index contributed by atoms with van der Waals surface area (Å²) in [5, 5.41) is 4.72. The lowest BCUT2D eigenvalue weighted by molar-refractivity contribution is 0.412. The highest BCUT2D eigenvalue weighted by atomic mass is 16.3. The zero-order chi connectivity index (χ0) is 15.0. The number of furan rings is 2. The lowest BCUT2D eigenvalue weighted by atomic mass is 10.1. The van der Waals surface area contributed by atoms with Gasteiger partial charge in [0.15, 0.2) is 0 Å². The summed E-state index contributed by atoms with van der Waals surface area (Å²) in [6, 6.07) is 12.6. The molecule has 1 aromatic carbocycles. The van der Waals surface area contributed by atoms with Crippen molar-refractivity contribution in [1.82, 2.24) is 5.32 Å². The topological polar surface area (TPSA) is 38.3 Å². The van der Waals surface area contributed by atoms with Gasteiger partial charge in [-0.15, -0.1) is 0 Å². The molecule has 2 heterocycles. The highest BCUT2D eigenvalue weighted by Crippen LogP contribution is 2.27. The Bertz CT molecular complexity index is 721. The summed E-state index contributed by atoms with van der Waals surface area (Å²) < 4.78 is 11.5. The highest BCUT2D eigenvalue weighted by Gasteiger charge is 2.18. The van der Waals surface area contributed by atoms with Gasteiger partial charge < -0.3 is 14.2 Å². The van der Waals surface area contributed by atoms with E-state index in [1.165, 1.54) is 5.56 Å². The second kappa shape index (κ2) is 5.41. The molecule has 21 heavy (non-hydrogen) atoms. The maximum absolute atomic E-state index is 5.92. The third kappa shape index (κ3) is 2.74. The van der Waals surface area contributed by atoms with Gasteiger partial charge in [-0.25, -0.2) is 0 Å². The van der Waals surface area contributed by atoms with Crippen LogP contribution in [0, 0.1) is 13.8 Å². The van der Waals surface area contributed by atoms with Gasteiger partial charge in [0.1, 0.15) is 22.9 Å². The second-order valence-corrected chi connectivity index (χ2v) is 5.67. The van der Waals surface area contributed by atoms with Gasteiger partial charge in [0.2, 0.25) is 0 Å². The molecule has 0 aliphatic carbocycles. The highest BCUT2D eigenvalue weighted by molar-refractivity contribution is 5.77. The van der Waals surface area contributed by atoms with E-state index in [9.17, 15) is 0 Å². The Kier molecular flexibility index (Phi) is 3.60. The molecule has 0 amide bonds. The van der Waals surface area contributed by atoms with Crippen molar-refractivity contribution in [1.29, 1.82) is 0 Å². The number of benzene rings is 1. The van der Waals surface area contributed by atoms with E-state index in [0.717, 1.165) is 28.2 Å². The molecule has 0 spiro atoms. The van der Waals surface area contributed by atoms with Crippen molar-refractivity contribution < 1.29 is 8.83 Å². The van der Waals surface area contributed by atoms with Crippen LogP contribution in [0.3, 0.4) is 0 Å². The third-order valence-corrected chi connectivity index (χ3v) is 3.92. The number of para-hydroxylation sites is 1. The fraction of sp³-hybridized carbons (Fsp3) is 0.333. The van der Waals surface area contributed by atoms with E-state index in [2.05, 4.69) is 37.4 Å². The lowest BCUT2D eigenvalue weighted by Gasteiger charge is -2.18. The number of fused-ring (bicyclic) bond motifs is 1. The zero-order valence-corrected chi connectivity index (χ0v) is 12.9. The van der Waals surface area contributed by atoms with Gasteiger partial charge in [-0.3, -0.25) is 0 Å². The SMILES string of the molecule is Cc1cc(C(C)NC(C)c2cc3ccccc3o2)c(C)o1. The monoisotopic (exact) mass is 283 g/mol. The van der Waals surface area contributed by atoms with Crippen LogP contribution < -0.4 is 5.32 Å². The molecule has 2 aromatic heterocycles. The molecule has 3 nitrogen and oxygen atoms in total. The van der Waals surface area contributed by atoms with Crippen LogP contribution in [0.5, 0.6) is 0 Å². The first kappa shape index (κ1) is 14.0. The Morgan fingerprint density at radius 2 is 1.71 bits per heavy atom. The van der Waals surface area contributed by atoms with Gasteiger partial charge in [-0.1, -0.05) is 18.2 Å². The molecule has 0 aliphatic heterocycles. The molecule has 0 aliphatic rings. The summed E-state index contributed by atoms with van der Waals surface area (Å²) in [6.07, 6.45) is 0. The van der Waals surface area contributed by atoms with E-state index in [1.54, 1.807) is 0 Å². The predicted octanol–water partition coefficient (Wildman–Crippen LogP) is 5.05. The molecule has 110 valence electrons. The van der Waals surface area contributed by atoms with Crippen LogP contribution in [0.2, 0.25) is 0 Å². The molecule has 3 heteroatoms. The molecule has 0 saturated heterocycles. The molecule has 0 saturated carbocycles. The van der Waals surface area contributed by atoms with Crippen molar-refractivity contribution in [2.45, 2.75) is 39.8 Å². The number of rotatable bonds is 4. The standard InChI is InChI=1S/C18H21NO2/c1-11-9-16(14(4)20-11)12(2)19-13(3)18-10-15-7-5-6-8-17(15)21-18/h5-10,12-13,19H,1-4H3. The normalized spacial score (nSPS) is 14.5. The largest absolute Gasteiger partial charge is 0.466 e. The maximum Gasteiger partial charge on any atom is 0.134 e. The quantitative estimate of drug-likeness (QED) is 0.727. The van der Waals surface area contributed by atoms with Crippen molar-refractivity contribution in [3.05, 3.63) is 59.2 Å². The van der Waals surface area contributed by atoms with E-state index in [4.69, 9.17) is 8.83 Å². The molecule has 0 radical (unpaired) electrons.